The van der Waals surface area contributed by atoms with Crippen molar-refractivity contribution in [1.82, 2.24) is 8.96 Å². The largest absolute Gasteiger partial charge is 0.493 e. The average molecular weight is 372 g/mol. The summed E-state index contributed by atoms with van der Waals surface area (Å²) >= 11 is 4.51. The van der Waals surface area contributed by atoms with Crippen molar-refractivity contribution in [2.45, 2.75) is 0 Å². The van der Waals surface area contributed by atoms with Gasteiger partial charge in [0.2, 0.25) is 0 Å². The molecule has 0 fully saturated rings. The molecule has 0 spiro atoms. The predicted octanol–water partition coefficient (Wildman–Crippen LogP) is 3.94. The highest BCUT2D eigenvalue weighted by molar-refractivity contribution is 7.78. The Morgan fingerprint density at radius 3 is 1.77 bits per heavy atom. The van der Waals surface area contributed by atoms with Gasteiger partial charge in [0.1, 0.15) is 6.33 Å². The van der Waals surface area contributed by atoms with Crippen LogP contribution >= 0.6 is 12.8 Å². The number of hydrogen-bond acceptors (Lipinski definition) is 6. The van der Waals surface area contributed by atoms with Gasteiger partial charge in [-0.1, -0.05) is 12.8 Å². The molecule has 3 aromatic rings. The zero-order valence-electron chi connectivity index (χ0n) is 15.0. The number of hydrogen-bond donors (Lipinski definition) is 1. The summed E-state index contributed by atoms with van der Waals surface area (Å²) in [5.41, 5.74) is 3.40. The number of thiol groups is 1. The minimum atomic E-state index is 0.636. The van der Waals surface area contributed by atoms with Crippen molar-refractivity contribution in [3.63, 3.8) is 0 Å². The molecule has 0 aliphatic carbocycles. The van der Waals surface area contributed by atoms with Crippen molar-refractivity contribution in [2.24, 2.45) is 0 Å². The average Bonchev–Trinajstić information content (AvgIpc) is 3.08. The van der Waals surface area contributed by atoms with Crippen LogP contribution in [0.1, 0.15) is 0 Å². The maximum Gasteiger partial charge on any atom is 0.161 e. The number of rotatable bonds is 6. The summed E-state index contributed by atoms with van der Waals surface area (Å²) in [4.78, 5) is 4.51. The molecule has 6 nitrogen and oxygen atoms in total. The number of methoxy groups -OCH3 is 4. The van der Waals surface area contributed by atoms with E-state index >= 15 is 0 Å². The number of ether oxygens (including phenoxy) is 4. The predicted molar refractivity (Wildman–Crippen MR) is 104 cm³/mol. The molecule has 0 atom stereocenters. The van der Waals surface area contributed by atoms with E-state index in [1.165, 1.54) is 0 Å². The molecule has 0 aliphatic heterocycles. The molecule has 0 radical (unpaired) electrons. The highest BCUT2D eigenvalue weighted by atomic mass is 32.1. The molecule has 0 aliphatic rings. The Balaban J connectivity index is 2.14. The van der Waals surface area contributed by atoms with Crippen LogP contribution in [0.3, 0.4) is 0 Å². The van der Waals surface area contributed by atoms with E-state index in [9.17, 15) is 0 Å². The summed E-state index contributed by atoms with van der Waals surface area (Å²) in [7, 11) is 6.42. The fourth-order valence-corrected chi connectivity index (χ4v) is 3.05. The van der Waals surface area contributed by atoms with Gasteiger partial charge in [-0.3, -0.25) is 3.97 Å². The molecule has 0 N–H and O–H groups in total. The Labute approximate surface area is 157 Å². The summed E-state index contributed by atoms with van der Waals surface area (Å²) in [5.74, 6) is 2.60. The summed E-state index contributed by atoms with van der Waals surface area (Å²) in [5, 5.41) is 0. The highest BCUT2D eigenvalue weighted by Gasteiger charge is 2.17. The van der Waals surface area contributed by atoms with E-state index in [4.69, 9.17) is 18.9 Å². The fourth-order valence-electron chi connectivity index (χ4n) is 2.79. The summed E-state index contributed by atoms with van der Waals surface area (Å²) in [6, 6.07) is 11.4. The third kappa shape index (κ3) is 3.17. The van der Waals surface area contributed by atoms with Crippen molar-refractivity contribution in [1.29, 1.82) is 0 Å². The van der Waals surface area contributed by atoms with E-state index in [0.717, 1.165) is 22.5 Å². The van der Waals surface area contributed by atoms with Crippen molar-refractivity contribution in [3.8, 4) is 45.5 Å². The second-order valence-electron chi connectivity index (χ2n) is 5.43. The first-order valence-electron chi connectivity index (χ1n) is 7.84. The van der Waals surface area contributed by atoms with E-state index < -0.39 is 0 Å². The van der Waals surface area contributed by atoms with Gasteiger partial charge in [-0.2, -0.15) is 0 Å². The monoisotopic (exact) mass is 372 g/mol. The second-order valence-corrected chi connectivity index (χ2v) is 5.86. The minimum Gasteiger partial charge on any atom is -0.493 e. The summed E-state index contributed by atoms with van der Waals surface area (Å²) < 4.78 is 23.1. The number of benzene rings is 2. The molecule has 0 amide bonds. The zero-order valence-corrected chi connectivity index (χ0v) is 15.9. The van der Waals surface area contributed by atoms with Gasteiger partial charge in [-0.15, -0.1) is 0 Å². The van der Waals surface area contributed by atoms with Crippen molar-refractivity contribution < 1.29 is 18.9 Å². The van der Waals surface area contributed by atoms with Gasteiger partial charge in [-0.25, -0.2) is 4.98 Å². The van der Waals surface area contributed by atoms with E-state index in [1.54, 1.807) is 38.7 Å². The maximum atomic E-state index is 5.41. The lowest BCUT2D eigenvalue weighted by Crippen LogP contribution is -1.94. The first-order valence-corrected chi connectivity index (χ1v) is 8.24. The van der Waals surface area contributed by atoms with Crippen LogP contribution in [0.25, 0.3) is 22.5 Å². The number of aromatic nitrogens is 2. The quantitative estimate of drug-likeness (QED) is 0.664. The summed E-state index contributed by atoms with van der Waals surface area (Å²) in [6.07, 6.45) is 1.65. The third-order valence-corrected chi connectivity index (χ3v) is 4.37. The molecule has 2 aromatic carbocycles. The lowest BCUT2D eigenvalue weighted by Gasteiger charge is -2.12. The first kappa shape index (κ1) is 18.0. The van der Waals surface area contributed by atoms with Gasteiger partial charge >= 0.3 is 0 Å². The lowest BCUT2D eigenvalue weighted by molar-refractivity contribution is 0.355. The van der Waals surface area contributed by atoms with Gasteiger partial charge in [0.15, 0.2) is 23.0 Å². The third-order valence-electron chi connectivity index (χ3n) is 4.06. The molecular formula is C19H20N2O4S. The Morgan fingerprint density at radius 1 is 0.731 bits per heavy atom. The van der Waals surface area contributed by atoms with Crippen molar-refractivity contribution in [3.05, 3.63) is 42.7 Å². The van der Waals surface area contributed by atoms with Crippen LogP contribution in [0.5, 0.6) is 23.0 Å². The van der Waals surface area contributed by atoms with Crippen LogP contribution in [0.2, 0.25) is 0 Å². The normalized spacial score (nSPS) is 10.5. The number of imidazole rings is 1. The standard InChI is InChI=1S/C19H20N2O4S/c1-22-14-7-5-12(9-16(14)24-3)18-19(21(26)11-20-18)13-6-8-15(23-2)17(10-13)25-4/h5-11,26H,1-4H3. The van der Waals surface area contributed by atoms with Crippen LogP contribution in [0.4, 0.5) is 0 Å². The van der Waals surface area contributed by atoms with Crippen LogP contribution in [-0.4, -0.2) is 37.4 Å². The SMILES string of the molecule is COc1ccc(-c2ncn(S)c2-c2ccc(OC)c(OC)c2)cc1OC. The molecule has 1 heterocycles. The van der Waals surface area contributed by atoms with Gasteiger partial charge in [0.05, 0.1) is 39.8 Å². The van der Waals surface area contributed by atoms with Gasteiger partial charge in [0, 0.05) is 11.1 Å². The smallest absolute Gasteiger partial charge is 0.161 e. The van der Waals surface area contributed by atoms with Crippen LogP contribution in [0, 0.1) is 0 Å². The molecule has 0 saturated heterocycles. The molecule has 3 rings (SSSR count). The zero-order chi connectivity index (χ0) is 18.7. The van der Waals surface area contributed by atoms with Crippen molar-refractivity contribution >= 4 is 12.8 Å². The molecule has 136 valence electrons. The van der Waals surface area contributed by atoms with E-state index in [-0.39, 0.29) is 0 Å². The van der Waals surface area contributed by atoms with E-state index in [1.807, 2.05) is 36.4 Å². The Hall–Kier alpha value is -2.80. The van der Waals surface area contributed by atoms with E-state index in [2.05, 4.69) is 17.8 Å². The Kier molecular flexibility index (Phi) is 5.27. The molecule has 26 heavy (non-hydrogen) atoms. The maximum absolute atomic E-state index is 5.41. The molecule has 0 bridgehead atoms. The fraction of sp³-hybridized carbons (Fsp3) is 0.211. The molecule has 0 saturated carbocycles. The number of nitrogens with zero attached hydrogens (tertiary/aromatic N) is 2. The van der Waals surface area contributed by atoms with Gasteiger partial charge in [0.25, 0.3) is 0 Å². The first-order chi connectivity index (χ1) is 12.6. The van der Waals surface area contributed by atoms with E-state index in [0.29, 0.717) is 23.0 Å². The van der Waals surface area contributed by atoms with Crippen LogP contribution in [-0.2, 0) is 0 Å². The van der Waals surface area contributed by atoms with Crippen LogP contribution < -0.4 is 18.9 Å². The second kappa shape index (κ2) is 7.61. The van der Waals surface area contributed by atoms with Gasteiger partial charge in [-0.05, 0) is 36.4 Å². The van der Waals surface area contributed by atoms with Crippen molar-refractivity contribution in [2.75, 3.05) is 28.4 Å². The molecule has 0 unspecified atom stereocenters. The highest BCUT2D eigenvalue weighted by Crippen LogP contribution is 2.39. The molecule has 1 aromatic heterocycles. The Bertz CT molecular complexity index is 924. The summed E-state index contributed by atoms with van der Waals surface area (Å²) in [6.45, 7) is 0. The topological polar surface area (TPSA) is 54.7 Å². The van der Waals surface area contributed by atoms with Gasteiger partial charge < -0.3 is 18.9 Å². The lowest BCUT2D eigenvalue weighted by atomic mass is 10.0. The Morgan fingerprint density at radius 2 is 1.23 bits per heavy atom. The molecular weight excluding hydrogens is 352 g/mol. The van der Waals surface area contributed by atoms with Crippen LogP contribution in [0.15, 0.2) is 42.7 Å². The minimum absolute atomic E-state index is 0.636. The molecule has 7 heteroatoms.